The third kappa shape index (κ3) is 5.08. The highest BCUT2D eigenvalue weighted by Gasteiger charge is 2.36. The van der Waals surface area contributed by atoms with Crippen LogP contribution in [0, 0.1) is 0 Å². The van der Waals surface area contributed by atoms with Crippen LogP contribution in [-0.2, 0) is 14.6 Å². The van der Waals surface area contributed by atoms with Gasteiger partial charge in [-0.25, -0.2) is 13.2 Å². The van der Waals surface area contributed by atoms with Gasteiger partial charge in [0.1, 0.15) is 6.54 Å². The van der Waals surface area contributed by atoms with Gasteiger partial charge in [-0.05, 0) is 41.7 Å². The Hall–Kier alpha value is -2.58. The van der Waals surface area contributed by atoms with Gasteiger partial charge >= 0.3 is 6.03 Å². The predicted molar refractivity (Wildman–Crippen MR) is 134 cm³/mol. The summed E-state index contributed by atoms with van der Waals surface area (Å²) in [6, 6.07) is 14.7. The maximum absolute atomic E-state index is 13.0. The van der Waals surface area contributed by atoms with Gasteiger partial charge < -0.3 is 9.80 Å². The second-order valence-electron chi connectivity index (χ2n) is 9.15. The van der Waals surface area contributed by atoms with Crippen molar-refractivity contribution in [3.8, 4) is 0 Å². The maximum Gasteiger partial charge on any atom is 0.325 e. The minimum Gasteiger partial charge on any atom is -0.340 e. The first kappa shape index (κ1) is 24.5. The Kier molecular flexibility index (Phi) is 7.19. The summed E-state index contributed by atoms with van der Waals surface area (Å²) in [7, 11) is -3.46. The highest BCUT2D eigenvalue weighted by atomic mass is 35.5. The molecule has 2 aliphatic rings. The van der Waals surface area contributed by atoms with Gasteiger partial charge in [0.2, 0.25) is 5.91 Å². The van der Waals surface area contributed by atoms with Crippen LogP contribution >= 0.6 is 11.6 Å². The number of hydrogen-bond donors (Lipinski definition) is 0. The van der Waals surface area contributed by atoms with Crippen LogP contribution in [0.2, 0.25) is 5.02 Å². The Balaban J connectivity index is 1.40. The molecule has 0 aliphatic carbocycles. The van der Waals surface area contributed by atoms with Crippen molar-refractivity contribution >= 4 is 39.1 Å². The van der Waals surface area contributed by atoms with Gasteiger partial charge in [0.25, 0.3) is 0 Å². The van der Waals surface area contributed by atoms with Gasteiger partial charge in [-0.1, -0.05) is 55.8 Å². The van der Waals surface area contributed by atoms with Crippen LogP contribution in [-0.4, -0.2) is 68.6 Å². The molecule has 9 heteroatoms. The summed E-state index contributed by atoms with van der Waals surface area (Å²) in [6.07, 6.45) is 0.278. The van der Waals surface area contributed by atoms with Crippen molar-refractivity contribution in [2.24, 2.45) is 0 Å². The normalized spacial score (nSPS) is 20.6. The minimum absolute atomic E-state index is 0.0593. The monoisotopic (exact) mass is 503 g/mol. The van der Waals surface area contributed by atoms with Crippen LogP contribution in [0.5, 0.6) is 0 Å². The molecule has 4 rings (SSSR count). The van der Waals surface area contributed by atoms with Crippen LogP contribution in [0.15, 0.2) is 48.5 Å². The molecule has 0 aromatic heterocycles. The first-order chi connectivity index (χ1) is 16.2. The third-order valence-electron chi connectivity index (χ3n) is 6.64. The topological polar surface area (TPSA) is 78.0 Å². The molecule has 0 bridgehead atoms. The molecule has 7 nitrogen and oxygen atoms in total. The number of carbonyl (C=O) groups is 2. The standard InChI is InChI=1S/C25H30ClN3O4S/c1-18(2)19-7-9-20(10-8-19)29-14-13-28(25(29)31)17-24(30)27-12-11-23(34(32,33)16-15-27)21-5-3-4-6-22(21)26/h3-10,18,23H,11-17H2,1-2H3. The number of rotatable bonds is 5. The summed E-state index contributed by atoms with van der Waals surface area (Å²) in [6.45, 7) is 5.56. The van der Waals surface area contributed by atoms with Crippen molar-refractivity contribution in [2.45, 2.75) is 31.4 Å². The zero-order valence-corrected chi connectivity index (χ0v) is 21.1. The van der Waals surface area contributed by atoms with E-state index in [4.69, 9.17) is 11.6 Å². The van der Waals surface area contributed by atoms with Crippen molar-refractivity contribution in [3.05, 3.63) is 64.7 Å². The number of amides is 3. The average Bonchev–Trinajstić information content (AvgIpc) is 3.07. The minimum atomic E-state index is -3.46. The molecule has 34 heavy (non-hydrogen) atoms. The Bertz CT molecular complexity index is 1170. The van der Waals surface area contributed by atoms with Crippen molar-refractivity contribution in [2.75, 3.05) is 43.4 Å². The molecule has 182 valence electrons. The summed E-state index contributed by atoms with van der Waals surface area (Å²) in [4.78, 5) is 30.8. The lowest BCUT2D eigenvalue weighted by Crippen LogP contribution is -2.43. The molecule has 2 heterocycles. The zero-order chi connectivity index (χ0) is 24.5. The van der Waals surface area contributed by atoms with E-state index in [0.29, 0.717) is 36.1 Å². The number of hydrogen-bond acceptors (Lipinski definition) is 4. The van der Waals surface area contributed by atoms with Crippen LogP contribution in [0.25, 0.3) is 0 Å². The average molecular weight is 504 g/mol. The Labute approximate surface area is 206 Å². The predicted octanol–water partition coefficient (Wildman–Crippen LogP) is 4.09. The van der Waals surface area contributed by atoms with E-state index in [1.807, 2.05) is 24.3 Å². The van der Waals surface area contributed by atoms with Crippen molar-refractivity contribution < 1.29 is 18.0 Å². The molecule has 1 atom stereocenters. The van der Waals surface area contributed by atoms with E-state index in [-0.39, 0.29) is 37.2 Å². The zero-order valence-electron chi connectivity index (χ0n) is 19.5. The number of nitrogens with zero attached hydrogens (tertiary/aromatic N) is 3. The molecule has 0 saturated carbocycles. The van der Waals surface area contributed by atoms with Crippen LogP contribution in [0.1, 0.15) is 42.6 Å². The molecule has 2 saturated heterocycles. The van der Waals surface area contributed by atoms with Gasteiger partial charge in [-0.3, -0.25) is 9.69 Å². The lowest BCUT2D eigenvalue weighted by atomic mass is 10.0. The number of sulfone groups is 1. The second kappa shape index (κ2) is 9.96. The van der Waals surface area contributed by atoms with Crippen LogP contribution in [0.3, 0.4) is 0 Å². The fourth-order valence-electron chi connectivity index (χ4n) is 4.55. The maximum atomic E-state index is 13.0. The molecule has 2 aliphatic heterocycles. The van der Waals surface area contributed by atoms with E-state index in [9.17, 15) is 18.0 Å². The van der Waals surface area contributed by atoms with Gasteiger partial charge in [0.05, 0.1) is 11.0 Å². The lowest BCUT2D eigenvalue weighted by molar-refractivity contribution is -0.131. The third-order valence-corrected chi connectivity index (χ3v) is 9.09. The van der Waals surface area contributed by atoms with Crippen molar-refractivity contribution in [3.63, 3.8) is 0 Å². The van der Waals surface area contributed by atoms with Crippen LogP contribution < -0.4 is 4.90 Å². The highest BCUT2D eigenvalue weighted by molar-refractivity contribution is 7.91. The quantitative estimate of drug-likeness (QED) is 0.615. The van der Waals surface area contributed by atoms with E-state index < -0.39 is 15.1 Å². The van der Waals surface area contributed by atoms with E-state index in [0.717, 1.165) is 5.69 Å². The van der Waals surface area contributed by atoms with Crippen molar-refractivity contribution in [1.82, 2.24) is 9.80 Å². The van der Waals surface area contributed by atoms with Gasteiger partial charge in [0, 0.05) is 36.9 Å². The molecule has 3 amide bonds. The molecule has 1 unspecified atom stereocenters. The number of carbonyl (C=O) groups excluding carboxylic acids is 2. The summed E-state index contributed by atoms with van der Waals surface area (Å²) >= 11 is 6.26. The van der Waals surface area contributed by atoms with Crippen LogP contribution in [0.4, 0.5) is 10.5 Å². The fourth-order valence-corrected chi connectivity index (χ4v) is 6.70. The molecule has 2 aromatic carbocycles. The molecule has 2 fully saturated rings. The lowest BCUT2D eigenvalue weighted by Gasteiger charge is -2.24. The van der Waals surface area contributed by atoms with E-state index in [2.05, 4.69) is 13.8 Å². The Morgan fingerprint density at radius 1 is 1.03 bits per heavy atom. The van der Waals surface area contributed by atoms with Gasteiger partial charge in [-0.15, -0.1) is 0 Å². The summed E-state index contributed by atoms with van der Waals surface area (Å²) in [5.74, 6) is 0.0458. The Morgan fingerprint density at radius 3 is 2.41 bits per heavy atom. The van der Waals surface area contributed by atoms with Gasteiger partial charge in [0.15, 0.2) is 9.84 Å². The molecule has 0 spiro atoms. The molecule has 0 N–H and O–H groups in total. The van der Waals surface area contributed by atoms with E-state index >= 15 is 0 Å². The number of anilines is 1. The molecule has 2 aromatic rings. The second-order valence-corrected chi connectivity index (χ2v) is 11.9. The van der Waals surface area contributed by atoms with E-state index in [1.54, 1.807) is 34.1 Å². The Morgan fingerprint density at radius 2 is 1.74 bits per heavy atom. The number of halogens is 1. The number of urea groups is 1. The summed E-state index contributed by atoms with van der Waals surface area (Å²) in [5, 5.41) is -0.322. The first-order valence-electron chi connectivity index (χ1n) is 11.6. The largest absolute Gasteiger partial charge is 0.340 e. The SMILES string of the molecule is CC(C)c1ccc(N2CCN(CC(=O)N3CCC(c4ccccc4Cl)S(=O)(=O)CC3)C2=O)cc1. The molecule has 0 radical (unpaired) electrons. The van der Waals surface area contributed by atoms with Crippen molar-refractivity contribution in [1.29, 1.82) is 0 Å². The van der Waals surface area contributed by atoms with Gasteiger partial charge in [-0.2, -0.15) is 0 Å². The summed E-state index contributed by atoms with van der Waals surface area (Å²) in [5.41, 5.74) is 2.59. The first-order valence-corrected chi connectivity index (χ1v) is 13.7. The number of benzene rings is 2. The molecular weight excluding hydrogens is 474 g/mol. The molecular formula is C25H30ClN3O4S. The smallest absolute Gasteiger partial charge is 0.325 e. The fraction of sp³-hybridized carbons (Fsp3) is 0.440. The summed E-state index contributed by atoms with van der Waals surface area (Å²) < 4.78 is 25.8. The highest BCUT2D eigenvalue weighted by Crippen LogP contribution is 2.34. The van der Waals surface area contributed by atoms with E-state index in [1.165, 1.54) is 10.5 Å².